The minimum Gasteiger partial charge on any atom is -0.387 e. The van der Waals surface area contributed by atoms with Crippen LogP contribution < -0.4 is 5.73 Å². The molecule has 0 aromatic heterocycles. The van der Waals surface area contributed by atoms with Gasteiger partial charge in [-0.2, -0.15) is 0 Å². The predicted octanol–water partition coefficient (Wildman–Crippen LogP) is 2.19. The topological polar surface area (TPSA) is 38.4 Å². The lowest BCUT2D eigenvalue weighted by atomic mass is 10.0. The normalized spacial score (nSPS) is 18.0. The number of rotatable bonds is 4. The molecular formula is C9H20N2. The highest BCUT2D eigenvalue weighted by Gasteiger charge is 2.07. The first-order valence-electron chi connectivity index (χ1n) is 4.43. The second kappa shape index (κ2) is 5.16. The van der Waals surface area contributed by atoms with E-state index in [4.69, 9.17) is 5.73 Å². The predicted molar refractivity (Wildman–Crippen MR) is 50.8 cm³/mol. The van der Waals surface area contributed by atoms with Gasteiger partial charge in [-0.05, 0) is 12.8 Å². The molecule has 66 valence electrons. The van der Waals surface area contributed by atoms with E-state index in [1.807, 2.05) is 6.92 Å². The monoisotopic (exact) mass is 156 g/mol. The number of hydrogen-bond acceptors (Lipinski definition) is 1. The molecule has 0 heterocycles. The van der Waals surface area contributed by atoms with Crippen molar-refractivity contribution in [1.82, 2.24) is 0 Å². The van der Waals surface area contributed by atoms with Crippen molar-refractivity contribution in [3.05, 3.63) is 0 Å². The van der Waals surface area contributed by atoms with Gasteiger partial charge in [-0.1, -0.05) is 27.2 Å². The summed E-state index contributed by atoms with van der Waals surface area (Å²) in [6, 6.07) is 0.375. The number of aliphatic imine (C=N–C) groups is 1. The lowest BCUT2D eigenvalue weighted by molar-refractivity contribution is 0.471. The maximum absolute atomic E-state index is 5.62. The van der Waals surface area contributed by atoms with Crippen LogP contribution in [0.3, 0.4) is 0 Å². The summed E-state index contributed by atoms with van der Waals surface area (Å²) in [5, 5.41) is 0. The Labute approximate surface area is 69.9 Å². The maximum Gasteiger partial charge on any atom is 0.0937 e. The summed E-state index contributed by atoms with van der Waals surface area (Å²) in [4.78, 5) is 4.36. The van der Waals surface area contributed by atoms with Gasteiger partial charge >= 0.3 is 0 Å². The molecule has 0 aliphatic heterocycles. The molecule has 2 nitrogen and oxygen atoms in total. The molecule has 11 heavy (non-hydrogen) atoms. The van der Waals surface area contributed by atoms with Crippen molar-refractivity contribution in [1.29, 1.82) is 0 Å². The van der Waals surface area contributed by atoms with Crippen LogP contribution in [0.4, 0.5) is 0 Å². The molecule has 0 radical (unpaired) electrons. The summed E-state index contributed by atoms with van der Waals surface area (Å²) < 4.78 is 0. The summed E-state index contributed by atoms with van der Waals surface area (Å²) in [6.07, 6.45) is 2.03. The minimum atomic E-state index is 0.375. The molecule has 2 N–H and O–H groups in total. The zero-order valence-corrected chi connectivity index (χ0v) is 8.09. The van der Waals surface area contributed by atoms with E-state index in [-0.39, 0.29) is 0 Å². The van der Waals surface area contributed by atoms with Gasteiger partial charge in [-0.3, -0.25) is 4.99 Å². The number of nitrogens with zero attached hydrogens (tertiary/aromatic N) is 1. The van der Waals surface area contributed by atoms with Gasteiger partial charge in [-0.15, -0.1) is 0 Å². The average molecular weight is 156 g/mol. The van der Waals surface area contributed by atoms with Crippen molar-refractivity contribution in [3.63, 3.8) is 0 Å². The fraction of sp³-hybridized carbons (Fsp3) is 0.889. The molecule has 0 amide bonds. The van der Waals surface area contributed by atoms with E-state index in [1.165, 1.54) is 6.42 Å². The van der Waals surface area contributed by atoms with E-state index in [0.717, 1.165) is 12.3 Å². The van der Waals surface area contributed by atoms with E-state index in [2.05, 4.69) is 25.8 Å². The summed E-state index contributed by atoms with van der Waals surface area (Å²) >= 11 is 0. The first-order chi connectivity index (χ1) is 5.11. The van der Waals surface area contributed by atoms with Gasteiger partial charge in [0.15, 0.2) is 0 Å². The largest absolute Gasteiger partial charge is 0.387 e. The second-order valence-electron chi connectivity index (χ2n) is 3.10. The number of nitrogens with two attached hydrogens (primary N) is 1. The van der Waals surface area contributed by atoms with Crippen LogP contribution in [0.25, 0.3) is 0 Å². The summed E-state index contributed by atoms with van der Waals surface area (Å²) in [6.45, 7) is 8.54. The lowest BCUT2D eigenvalue weighted by Gasteiger charge is -2.14. The molecule has 0 fully saturated rings. The molecule has 2 atom stereocenters. The Morgan fingerprint density at radius 2 is 1.91 bits per heavy atom. The molecule has 0 bridgehead atoms. The smallest absolute Gasteiger partial charge is 0.0937 e. The Morgan fingerprint density at radius 3 is 2.27 bits per heavy atom. The maximum atomic E-state index is 5.62. The van der Waals surface area contributed by atoms with E-state index < -0.39 is 0 Å². The van der Waals surface area contributed by atoms with Crippen molar-refractivity contribution in [2.45, 2.75) is 46.6 Å². The van der Waals surface area contributed by atoms with Gasteiger partial charge in [0.1, 0.15) is 0 Å². The zero-order valence-electron chi connectivity index (χ0n) is 8.09. The quantitative estimate of drug-likeness (QED) is 0.492. The fourth-order valence-electron chi connectivity index (χ4n) is 0.821. The van der Waals surface area contributed by atoms with Crippen LogP contribution in [-0.2, 0) is 0 Å². The standard InChI is InChI=1S/C9H20N2/c1-5-7(3)8(4)11-9(10)6-2/h7-8H,5-6H2,1-4H3,(H2,10,11). The highest BCUT2D eigenvalue weighted by Crippen LogP contribution is 2.10. The SMILES string of the molecule is CCC(N)=NC(C)C(C)CC. The van der Waals surface area contributed by atoms with Crippen LogP contribution in [0.5, 0.6) is 0 Å². The Balaban J connectivity index is 3.93. The van der Waals surface area contributed by atoms with Crippen LogP contribution in [-0.4, -0.2) is 11.9 Å². The Kier molecular flexibility index (Phi) is 4.92. The van der Waals surface area contributed by atoms with Crippen molar-refractivity contribution < 1.29 is 0 Å². The van der Waals surface area contributed by atoms with Gasteiger partial charge in [-0.25, -0.2) is 0 Å². The molecule has 0 aliphatic rings. The highest BCUT2D eigenvalue weighted by atomic mass is 14.9. The summed E-state index contributed by atoms with van der Waals surface area (Å²) in [7, 11) is 0. The number of hydrogen-bond donors (Lipinski definition) is 1. The Hall–Kier alpha value is -0.530. The molecule has 2 heteroatoms. The van der Waals surface area contributed by atoms with Crippen molar-refractivity contribution in [2.75, 3.05) is 0 Å². The molecule has 0 saturated carbocycles. The third kappa shape index (κ3) is 4.02. The van der Waals surface area contributed by atoms with Crippen molar-refractivity contribution in [3.8, 4) is 0 Å². The van der Waals surface area contributed by atoms with Gasteiger partial charge in [0.25, 0.3) is 0 Å². The molecule has 0 aromatic carbocycles. The first kappa shape index (κ1) is 10.5. The summed E-state index contributed by atoms with van der Waals surface area (Å²) in [5.74, 6) is 1.41. The molecule has 0 aliphatic carbocycles. The van der Waals surface area contributed by atoms with E-state index >= 15 is 0 Å². The molecule has 0 rings (SSSR count). The van der Waals surface area contributed by atoms with E-state index in [9.17, 15) is 0 Å². The number of amidine groups is 1. The third-order valence-corrected chi connectivity index (χ3v) is 2.20. The third-order valence-electron chi connectivity index (χ3n) is 2.20. The minimum absolute atomic E-state index is 0.375. The van der Waals surface area contributed by atoms with E-state index in [0.29, 0.717) is 12.0 Å². The van der Waals surface area contributed by atoms with Crippen LogP contribution in [0.15, 0.2) is 4.99 Å². The first-order valence-corrected chi connectivity index (χ1v) is 4.43. The molecular weight excluding hydrogens is 136 g/mol. The molecule has 2 unspecified atom stereocenters. The Bertz CT molecular complexity index is 130. The van der Waals surface area contributed by atoms with Gasteiger partial charge in [0, 0.05) is 6.42 Å². The van der Waals surface area contributed by atoms with Crippen LogP contribution in [0.2, 0.25) is 0 Å². The molecule has 0 spiro atoms. The zero-order chi connectivity index (χ0) is 8.85. The van der Waals surface area contributed by atoms with Gasteiger partial charge in [0.05, 0.1) is 11.9 Å². The average Bonchev–Trinajstić information content (AvgIpc) is 2.02. The van der Waals surface area contributed by atoms with Gasteiger partial charge in [0.2, 0.25) is 0 Å². The van der Waals surface area contributed by atoms with Gasteiger partial charge < -0.3 is 5.73 Å². The van der Waals surface area contributed by atoms with Crippen LogP contribution >= 0.6 is 0 Å². The molecule has 0 aromatic rings. The Morgan fingerprint density at radius 1 is 1.36 bits per heavy atom. The highest BCUT2D eigenvalue weighted by molar-refractivity contribution is 5.80. The molecule has 0 saturated heterocycles. The van der Waals surface area contributed by atoms with E-state index in [1.54, 1.807) is 0 Å². The summed E-state index contributed by atoms with van der Waals surface area (Å²) in [5.41, 5.74) is 5.62. The van der Waals surface area contributed by atoms with Crippen molar-refractivity contribution >= 4 is 5.84 Å². The van der Waals surface area contributed by atoms with Crippen LogP contribution in [0, 0.1) is 5.92 Å². The second-order valence-corrected chi connectivity index (χ2v) is 3.10. The fourth-order valence-corrected chi connectivity index (χ4v) is 0.821. The van der Waals surface area contributed by atoms with Crippen molar-refractivity contribution in [2.24, 2.45) is 16.6 Å². The lowest BCUT2D eigenvalue weighted by Crippen LogP contribution is -2.18. The van der Waals surface area contributed by atoms with Crippen LogP contribution in [0.1, 0.15) is 40.5 Å².